The summed E-state index contributed by atoms with van der Waals surface area (Å²) in [5, 5.41) is 0. The van der Waals surface area contributed by atoms with Crippen LogP contribution in [0.3, 0.4) is 0 Å². The summed E-state index contributed by atoms with van der Waals surface area (Å²) in [6.07, 6.45) is -0.342. The van der Waals surface area contributed by atoms with Gasteiger partial charge in [0, 0.05) is 9.98 Å². The zero-order valence-corrected chi connectivity index (χ0v) is 9.13. The standard InChI is InChI=1S/C7H16NO3P/c1-7(2,3)6(8(4)5)11-12(9)10/h6H,1-5H3/p+1. The highest BCUT2D eigenvalue weighted by molar-refractivity contribution is 7.32. The Morgan fingerprint density at radius 1 is 1.42 bits per heavy atom. The van der Waals surface area contributed by atoms with Crippen LogP contribution in [-0.4, -0.2) is 30.1 Å². The van der Waals surface area contributed by atoms with Crippen LogP contribution in [0.1, 0.15) is 20.8 Å². The van der Waals surface area contributed by atoms with E-state index in [9.17, 15) is 4.57 Å². The van der Waals surface area contributed by atoms with Gasteiger partial charge in [-0.25, -0.2) is 0 Å². The minimum Gasteiger partial charge on any atom is -0.280 e. The molecule has 0 aromatic carbocycles. The molecule has 0 saturated heterocycles. The smallest absolute Gasteiger partial charge is 0.280 e. The Morgan fingerprint density at radius 3 is 1.92 bits per heavy atom. The summed E-state index contributed by atoms with van der Waals surface area (Å²) in [4.78, 5) is 10.4. The molecule has 12 heavy (non-hydrogen) atoms. The minimum atomic E-state index is -2.53. The Balaban J connectivity index is 4.35. The molecule has 0 saturated carbocycles. The van der Waals surface area contributed by atoms with Crippen molar-refractivity contribution in [2.45, 2.75) is 27.0 Å². The van der Waals surface area contributed by atoms with Crippen molar-refractivity contribution in [3.63, 3.8) is 0 Å². The highest BCUT2D eigenvalue weighted by atomic mass is 31.1. The van der Waals surface area contributed by atoms with Gasteiger partial charge in [-0.1, -0.05) is 25.3 Å². The van der Waals surface area contributed by atoms with Gasteiger partial charge in [0.25, 0.3) is 0 Å². The van der Waals surface area contributed by atoms with E-state index >= 15 is 0 Å². The molecule has 1 N–H and O–H groups in total. The van der Waals surface area contributed by atoms with E-state index in [1.165, 1.54) is 0 Å². The van der Waals surface area contributed by atoms with Crippen LogP contribution in [0, 0.1) is 5.41 Å². The monoisotopic (exact) mass is 194 g/mol. The van der Waals surface area contributed by atoms with Crippen molar-refractivity contribution < 1.29 is 14.0 Å². The summed E-state index contributed by atoms with van der Waals surface area (Å²) in [5.74, 6) is 0. The molecule has 2 atom stereocenters. The fourth-order valence-corrected chi connectivity index (χ4v) is 1.79. The zero-order valence-electron chi connectivity index (χ0n) is 8.24. The fourth-order valence-electron chi connectivity index (χ4n) is 1.11. The molecule has 0 aliphatic heterocycles. The highest BCUT2D eigenvalue weighted by Crippen LogP contribution is 2.30. The van der Waals surface area contributed by atoms with Gasteiger partial charge in [-0.2, -0.15) is 0 Å². The molecule has 2 unspecified atom stereocenters. The molecule has 0 aliphatic carbocycles. The van der Waals surface area contributed by atoms with E-state index < -0.39 is 8.25 Å². The van der Waals surface area contributed by atoms with Crippen LogP contribution in [0.5, 0.6) is 0 Å². The summed E-state index contributed by atoms with van der Waals surface area (Å²) in [6.45, 7) is 5.86. The van der Waals surface area contributed by atoms with Crippen molar-refractivity contribution in [1.29, 1.82) is 0 Å². The molecule has 0 aromatic heterocycles. The van der Waals surface area contributed by atoms with Gasteiger partial charge in [-0.3, -0.25) is 4.90 Å². The molecular formula is C7H17NO3P+. The van der Waals surface area contributed by atoms with E-state index in [0.29, 0.717) is 0 Å². The summed E-state index contributed by atoms with van der Waals surface area (Å²) in [5.41, 5.74) is -0.169. The van der Waals surface area contributed by atoms with Crippen LogP contribution in [-0.2, 0) is 9.09 Å². The molecule has 0 spiro atoms. The Morgan fingerprint density at radius 2 is 1.83 bits per heavy atom. The van der Waals surface area contributed by atoms with Crippen LogP contribution in [0.2, 0.25) is 0 Å². The number of hydrogen-bond donors (Lipinski definition) is 1. The van der Waals surface area contributed by atoms with E-state index in [4.69, 9.17) is 9.42 Å². The first-order chi connectivity index (χ1) is 5.25. The molecule has 0 aliphatic rings. The van der Waals surface area contributed by atoms with E-state index in [1.807, 2.05) is 34.9 Å². The molecule has 0 aromatic rings. The predicted molar refractivity (Wildman–Crippen MR) is 47.8 cm³/mol. The van der Waals surface area contributed by atoms with E-state index in [2.05, 4.69) is 0 Å². The van der Waals surface area contributed by atoms with Gasteiger partial charge in [-0.15, -0.1) is 4.89 Å². The highest BCUT2D eigenvalue weighted by Gasteiger charge is 2.35. The molecule has 0 fully saturated rings. The largest absolute Gasteiger partial charge is 0.696 e. The lowest BCUT2D eigenvalue weighted by molar-refractivity contribution is -0.0240. The summed E-state index contributed by atoms with van der Waals surface area (Å²) in [7, 11) is 1.10. The van der Waals surface area contributed by atoms with Gasteiger partial charge in [0.1, 0.15) is 0 Å². The second-order valence-electron chi connectivity index (χ2n) is 4.03. The molecule has 5 heteroatoms. The summed E-state index contributed by atoms with van der Waals surface area (Å²) >= 11 is 0. The lowest BCUT2D eigenvalue weighted by Crippen LogP contribution is -2.40. The number of nitrogens with zero attached hydrogens (tertiary/aromatic N) is 1. The van der Waals surface area contributed by atoms with E-state index in [1.54, 1.807) is 4.90 Å². The van der Waals surface area contributed by atoms with Crippen LogP contribution in [0.4, 0.5) is 0 Å². The third-order valence-corrected chi connectivity index (χ3v) is 1.78. The lowest BCUT2D eigenvalue weighted by atomic mass is 9.94. The van der Waals surface area contributed by atoms with Crippen LogP contribution in [0.15, 0.2) is 0 Å². The summed E-state index contributed by atoms with van der Waals surface area (Å²) < 4.78 is 15.3. The van der Waals surface area contributed by atoms with Gasteiger partial charge >= 0.3 is 8.25 Å². The molecule has 0 rings (SSSR count). The first-order valence-electron chi connectivity index (χ1n) is 3.74. The lowest BCUT2D eigenvalue weighted by Gasteiger charge is -2.30. The maximum atomic E-state index is 10.5. The van der Waals surface area contributed by atoms with Gasteiger partial charge < -0.3 is 0 Å². The Bertz CT molecular complexity index is 165. The predicted octanol–water partition coefficient (Wildman–Crippen LogP) is 1.59. The third-order valence-electron chi connectivity index (χ3n) is 1.40. The van der Waals surface area contributed by atoms with Crippen molar-refractivity contribution in [2.75, 3.05) is 14.1 Å². The van der Waals surface area contributed by atoms with Gasteiger partial charge in [0.15, 0.2) is 6.23 Å². The minimum absolute atomic E-state index is 0.169. The van der Waals surface area contributed by atoms with Gasteiger partial charge in [0.05, 0.1) is 0 Å². The zero-order chi connectivity index (χ0) is 9.94. The molecule has 0 heterocycles. The maximum Gasteiger partial charge on any atom is 0.696 e. The molecule has 72 valence electrons. The first-order valence-corrected chi connectivity index (χ1v) is 4.87. The van der Waals surface area contributed by atoms with E-state index in [0.717, 1.165) is 0 Å². The van der Waals surface area contributed by atoms with Crippen molar-refractivity contribution >= 4 is 8.25 Å². The summed E-state index contributed by atoms with van der Waals surface area (Å²) in [6, 6.07) is 0. The molecule has 4 nitrogen and oxygen atoms in total. The maximum absolute atomic E-state index is 10.5. The van der Waals surface area contributed by atoms with Crippen LogP contribution >= 0.6 is 8.25 Å². The number of rotatable bonds is 3. The average molecular weight is 194 g/mol. The molecule has 0 bridgehead atoms. The van der Waals surface area contributed by atoms with E-state index in [-0.39, 0.29) is 11.6 Å². The second kappa shape index (κ2) is 4.28. The molecule has 0 radical (unpaired) electrons. The van der Waals surface area contributed by atoms with Crippen molar-refractivity contribution in [3.05, 3.63) is 0 Å². The van der Waals surface area contributed by atoms with Gasteiger partial charge in [0.2, 0.25) is 0 Å². The topological polar surface area (TPSA) is 49.8 Å². The first kappa shape index (κ1) is 12.0. The average Bonchev–Trinajstić information content (AvgIpc) is 1.79. The van der Waals surface area contributed by atoms with Crippen LogP contribution < -0.4 is 0 Å². The van der Waals surface area contributed by atoms with Crippen molar-refractivity contribution in [2.24, 2.45) is 5.41 Å². The Hall–Kier alpha value is -0.0200. The van der Waals surface area contributed by atoms with Crippen molar-refractivity contribution in [1.82, 2.24) is 4.90 Å². The quantitative estimate of drug-likeness (QED) is 0.547. The number of hydrogen-bond acceptors (Lipinski definition) is 3. The van der Waals surface area contributed by atoms with Gasteiger partial charge in [-0.05, 0) is 14.1 Å². The fraction of sp³-hybridized carbons (Fsp3) is 1.00. The second-order valence-corrected chi connectivity index (χ2v) is 4.71. The third kappa shape index (κ3) is 4.12. The SMILES string of the molecule is CN(C)C(O[P+](=O)O)C(C)(C)C. The normalized spacial score (nSPS) is 16.4. The Labute approximate surface area is 74.5 Å². The molecule has 0 amide bonds. The molecular weight excluding hydrogens is 177 g/mol. The van der Waals surface area contributed by atoms with Crippen LogP contribution in [0.25, 0.3) is 0 Å². The Kier molecular flexibility index (Phi) is 4.28. The van der Waals surface area contributed by atoms with Crippen molar-refractivity contribution in [3.8, 4) is 0 Å².